The molecule has 53 heavy (non-hydrogen) atoms. The van der Waals surface area contributed by atoms with Crippen molar-refractivity contribution < 1.29 is 85.6 Å². The van der Waals surface area contributed by atoms with Crippen LogP contribution in [0.3, 0.4) is 0 Å². The summed E-state index contributed by atoms with van der Waals surface area (Å²) in [6.07, 6.45) is -7.72. The Kier molecular flexibility index (Phi) is 15.3. The molecule has 300 valence electrons. The summed E-state index contributed by atoms with van der Waals surface area (Å²) in [5.41, 5.74) is 4.03. The minimum absolute atomic E-state index is 0.00310. The number of nitrogens with one attached hydrogen (secondary N) is 2. The first-order chi connectivity index (χ1) is 24.5. The zero-order valence-corrected chi connectivity index (χ0v) is 30.9. The van der Waals surface area contributed by atoms with Gasteiger partial charge in [-0.25, -0.2) is 19.3 Å². The van der Waals surface area contributed by atoms with Gasteiger partial charge in [-0.15, -0.1) is 0 Å². The van der Waals surface area contributed by atoms with Crippen molar-refractivity contribution in [2.75, 3.05) is 38.6 Å². The molecule has 0 saturated carbocycles. The Labute approximate surface area is 300 Å². The molecule has 0 spiro atoms. The number of hydrogen-bond donors (Lipinski definition) is 6. The first-order valence-electron chi connectivity index (χ1n) is 15.4. The maximum Gasteiger partial charge on any atom is 0.274 e. The van der Waals surface area contributed by atoms with E-state index in [4.69, 9.17) is 15.6 Å². The number of aromatic nitrogens is 4. The molecule has 2 aromatic rings. The molecule has 3 heterocycles. The van der Waals surface area contributed by atoms with E-state index in [0.29, 0.717) is 0 Å². The Morgan fingerprint density at radius 3 is 2.34 bits per heavy atom. The molecule has 25 nitrogen and oxygen atoms in total. The number of fused-ring (bicyclic) bond motifs is 1. The fourth-order valence-electron chi connectivity index (χ4n) is 4.59. The zero-order valence-electron chi connectivity index (χ0n) is 28.2. The van der Waals surface area contributed by atoms with Crippen molar-refractivity contribution in [2.45, 2.75) is 64.3 Å². The molecule has 0 aliphatic carbocycles. The molecule has 7 unspecified atom stereocenters. The number of Topliss-reactive ketones (excluding diaryl/α,β-unsaturated/α-hetero) is 1. The molecule has 1 fully saturated rings. The fraction of sp³-hybridized carbons (Fsp3) is 0.680. The van der Waals surface area contributed by atoms with E-state index >= 15 is 0 Å². The van der Waals surface area contributed by atoms with Gasteiger partial charge in [0.1, 0.15) is 42.0 Å². The average molecular weight is 818 g/mol. The molecule has 7 N–H and O–H groups in total. The Morgan fingerprint density at radius 1 is 1.06 bits per heavy atom. The number of phosphoric ester groups is 3. The minimum Gasteiger partial charge on any atom is -0.790 e. The van der Waals surface area contributed by atoms with Crippen LogP contribution in [0.2, 0.25) is 0 Å². The molecule has 0 aromatic carbocycles. The highest BCUT2D eigenvalue weighted by atomic mass is 31.3. The largest absolute Gasteiger partial charge is 0.790 e. The summed E-state index contributed by atoms with van der Waals surface area (Å²) in [5, 5.41) is 34.9. The number of hydrogen-bond acceptors (Lipinski definition) is 22. The number of amides is 2. The third-order valence-electron chi connectivity index (χ3n) is 7.57. The van der Waals surface area contributed by atoms with Gasteiger partial charge in [0.2, 0.25) is 11.8 Å². The van der Waals surface area contributed by atoms with Crippen molar-refractivity contribution >= 4 is 58.0 Å². The van der Waals surface area contributed by atoms with Gasteiger partial charge in [-0.1, -0.05) is 20.8 Å². The van der Waals surface area contributed by atoms with E-state index in [1.54, 1.807) is 0 Å². The molecule has 0 radical (unpaired) electrons. The van der Waals surface area contributed by atoms with Crippen LogP contribution in [0, 0.1) is 11.3 Å². The number of imidazole rings is 1. The number of rotatable bonds is 21. The van der Waals surface area contributed by atoms with Gasteiger partial charge < -0.3 is 74.1 Å². The number of carbonyl (C=O) groups is 3. The fourth-order valence-corrected chi connectivity index (χ4v) is 7.33. The van der Waals surface area contributed by atoms with Gasteiger partial charge in [-0.2, -0.15) is 0 Å². The summed E-state index contributed by atoms with van der Waals surface area (Å²) in [6, 6.07) is 0. The number of ketones is 1. The van der Waals surface area contributed by atoms with Crippen LogP contribution in [0.1, 0.15) is 39.8 Å². The van der Waals surface area contributed by atoms with Crippen LogP contribution in [-0.4, -0.2) is 110 Å². The monoisotopic (exact) mass is 817 g/mol. The lowest BCUT2D eigenvalue weighted by Gasteiger charge is -2.36. The van der Waals surface area contributed by atoms with E-state index in [0.717, 1.165) is 17.2 Å². The summed E-state index contributed by atoms with van der Waals surface area (Å²) in [5.74, 6) is -2.51. The van der Waals surface area contributed by atoms with Crippen molar-refractivity contribution in [1.82, 2.24) is 30.2 Å². The van der Waals surface area contributed by atoms with E-state index < -0.39 is 90.5 Å². The quantitative estimate of drug-likeness (QED) is 0.0646. The minimum atomic E-state index is -5.92. The van der Waals surface area contributed by atoms with E-state index in [2.05, 4.69) is 43.5 Å². The summed E-state index contributed by atoms with van der Waals surface area (Å²) in [6.45, 7) is 0.981. The van der Waals surface area contributed by atoms with Crippen LogP contribution in [0.25, 0.3) is 11.2 Å². The molecule has 1 aliphatic rings. The Balaban J connectivity index is 1.53. The van der Waals surface area contributed by atoms with Crippen molar-refractivity contribution in [3.63, 3.8) is 0 Å². The predicted molar refractivity (Wildman–Crippen MR) is 167 cm³/mol. The molecular weight excluding hydrogens is 779 g/mol. The molecule has 1 saturated heterocycles. The van der Waals surface area contributed by atoms with Crippen molar-refractivity contribution in [2.24, 2.45) is 11.3 Å². The van der Waals surface area contributed by atoms with Crippen molar-refractivity contribution in [3.05, 3.63) is 12.7 Å². The maximum atomic E-state index is 12.5. The van der Waals surface area contributed by atoms with Gasteiger partial charge in [-0.3, -0.25) is 28.1 Å². The van der Waals surface area contributed by atoms with Crippen LogP contribution in [0.4, 0.5) is 5.82 Å². The number of aliphatic hydroxyl groups excluding tert-OH is 3. The highest BCUT2D eigenvalue weighted by Gasteiger charge is 2.47. The van der Waals surface area contributed by atoms with E-state index in [1.165, 1.54) is 20.8 Å². The summed E-state index contributed by atoms with van der Waals surface area (Å²) >= 11 is 0. The van der Waals surface area contributed by atoms with E-state index in [9.17, 15) is 57.9 Å². The van der Waals surface area contributed by atoms with Gasteiger partial charge in [0, 0.05) is 37.3 Å². The first-order valence-corrected chi connectivity index (χ1v) is 19.8. The van der Waals surface area contributed by atoms with Gasteiger partial charge in [0.25, 0.3) is 15.6 Å². The highest BCUT2D eigenvalue weighted by molar-refractivity contribution is 7.59. The van der Waals surface area contributed by atoms with Gasteiger partial charge in [0.05, 0.1) is 34.0 Å². The topological polar surface area (TPSA) is 395 Å². The molecule has 8 atom stereocenters. The summed E-state index contributed by atoms with van der Waals surface area (Å²) in [4.78, 5) is 95.3. The second-order valence-electron chi connectivity index (χ2n) is 12.3. The number of nitrogens with two attached hydrogens (primary N) is 1. The number of carbonyl (C=O) groups excluding carboxylic acids is 3. The van der Waals surface area contributed by atoms with Crippen LogP contribution in [0.5, 0.6) is 0 Å². The molecule has 0 bridgehead atoms. The van der Waals surface area contributed by atoms with Gasteiger partial charge in [-0.05, 0) is 0 Å². The second kappa shape index (κ2) is 18.2. The Bertz CT molecular complexity index is 1760. The number of nitrogens with zero attached hydrogens (tertiary/aromatic N) is 4. The lowest BCUT2D eigenvalue weighted by atomic mass is 9.87. The Morgan fingerprint density at radius 2 is 1.70 bits per heavy atom. The average Bonchev–Trinajstić information content (AvgIpc) is 3.62. The first kappa shape index (κ1) is 44.6. The van der Waals surface area contributed by atoms with Gasteiger partial charge in [0.15, 0.2) is 17.7 Å². The van der Waals surface area contributed by atoms with E-state index in [-0.39, 0.29) is 55.3 Å². The third-order valence-corrected chi connectivity index (χ3v) is 10.6. The Hall–Kier alpha value is -2.83. The molecular formula is C25H38N7O18P3-4. The number of anilines is 1. The molecule has 3 rings (SSSR count). The number of phosphoric acid groups is 3. The highest BCUT2D eigenvalue weighted by Crippen LogP contribution is 2.56. The SMILES string of the molecule is C[C@@H](CO)C(=O)CCNC(=O)CCNC(=O)C(O)C(C)(C)COP(=O)([O-])OP(=O)([O-])OCC1OC(n2cnc3c(N)ncnc32)C(O)C1OP(=O)([O-])[O-]. The normalized spacial score (nSPS) is 22.8. The van der Waals surface area contributed by atoms with Gasteiger partial charge >= 0.3 is 0 Å². The van der Waals surface area contributed by atoms with Crippen LogP contribution < -0.4 is 35.9 Å². The standard InChI is InChI=1S/C25H42N7O18P3/c1-13(8-33)14(34)4-6-27-16(35)5-7-28-23(38)20(37)25(2,3)10-47-53(44,45)50-52(42,43)46-9-15-19(49-51(39,40)41)18(36)24(48-15)32-12-31-17-21(26)29-11-30-22(17)32/h11-13,15,18-20,24,33,36-37H,4-10H2,1-3H3,(H,27,35)(H,28,38)(H,42,43)(H,44,45)(H2,26,29,30)(H2,39,40,41)/p-4/t13-,15?,18?,19?,20?,24?/m0/s1. The van der Waals surface area contributed by atoms with E-state index in [1.807, 2.05) is 0 Å². The predicted octanol–water partition coefficient (Wildman–Crippen LogP) is -4.54. The molecule has 28 heteroatoms. The number of ether oxygens (including phenoxy) is 1. The zero-order chi connectivity index (χ0) is 39.9. The lowest BCUT2D eigenvalue weighted by Crippen LogP contribution is -2.46. The number of nitrogen functional groups attached to an aromatic ring is 1. The smallest absolute Gasteiger partial charge is 0.274 e. The molecule has 2 amide bonds. The second-order valence-corrected chi connectivity index (χ2v) is 16.3. The van der Waals surface area contributed by atoms with Crippen molar-refractivity contribution in [3.8, 4) is 0 Å². The van der Waals surface area contributed by atoms with Crippen LogP contribution in [0.15, 0.2) is 12.7 Å². The summed E-state index contributed by atoms with van der Waals surface area (Å²) in [7, 11) is -17.6. The number of aliphatic hydroxyl groups is 3. The van der Waals surface area contributed by atoms with Crippen LogP contribution >= 0.6 is 23.5 Å². The third kappa shape index (κ3) is 12.9. The molecule has 2 aromatic heterocycles. The lowest BCUT2D eigenvalue weighted by molar-refractivity contribution is -0.347. The van der Waals surface area contributed by atoms with Crippen LogP contribution in [-0.2, 0) is 50.7 Å². The van der Waals surface area contributed by atoms with Crippen molar-refractivity contribution in [1.29, 1.82) is 0 Å². The maximum absolute atomic E-state index is 12.5. The molecule has 1 aliphatic heterocycles. The summed E-state index contributed by atoms with van der Waals surface area (Å²) < 4.78 is 60.3.